The summed E-state index contributed by atoms with van der Waals surface area (Å²) in [5.41, 5.74) is 0. The summed E-state index contributed by atoms with van der Waals surface area (Å²) >= 11 is 0. The third-order valence-electron chi connectivity index (χ3n) is 5.75. The Labute approximate surface area is 180 Å². The van der Waals surface area contributed by atoms with Crippen molar-refractivity contribution in [1.82, 2.24) is 0 Å². The maximum absolute atomic E-state index is 11.0. The Balaban J connectivity index is 3.03. The standard InChI is InChI=1S/C25H48O4/c1-29-25(28)23-21-19-17-15-13-11-9-7-5-3-2-4-6-8-10-12-14-16-18-20-22-24(26)27/h2-23H2,1H3,(H,26,27). The minimum atomic E-state index is -0.662. The average molecular weight is 413 g/mol. The smallest absolute Gasteiger partial charge is 0.305 e. The quantitative estimate of drug-likeness (QED) is 0.137. The van der Waals surface area contributed by atoms with Crippen molar-refractivity contribution in [3.05, 3.63) is 0 Å². The van der Waals surface area contributed by atoms with Gasteiger partial charge in [-0.05, 0) is 12.8 Å². The fourth-order valence-electron chi connectivity index (χ4n) is 3.83. The summed E-state index contributed by atoms with van der Waals surface area (Å²) in [6.07, 6.45) is 26.5. The molecule has 0 atom stereocenters. The van der Waals surface area contributed by atoms with Crippen LogP contribution in [-0.4, -0.2) is 24.2 Å². The number of hydrogen-bond donors (Lipinski definition) is 1. The predicted molar refractivity (Wildman–Crippen MR) is 121 cm³/mol. The topological polar surface area (TPSA) is 63.6 Å². The number of ether oxygens (including phenoxy) is 1. The van der Waals surface area contributed by atoms with Gasteiger partial charge in [-0.15, -0.1) is 0 Å². The molecule has 0 unspecified atom stereocenters. The second kappa shape index (κ2) is 23.2. The number of hydrogen-bond acceptors (Lipinski definition) is 3. The van der Waals surface area contributed by atoms with Gasteiger partial charge in [-0.3, -0.25) is 9.59 Å². The Bertz CT molecular complexity index is 368. The Morgan fingerprint density at radius 2 is 0.724 bits per heavy atom. The molecule has 0 amide bonds. The van der Waals surface area contributed by atoms with E-state index in [1.807, 2.05) is 0 Å². The van der Waals surface area contributed by atoms with Gasteiger partial charge in [-0.1, -0.05) is 116 Å². The lowest BCUT2D eigenvalue weighted by molar-refractivity contribution is -0.141. The van der Waals surface area contributed by atoms with Gasteiger partial charge in [0.05, 0.1) is 7.11 Å². The summed E-state index contributed by atoms with van der Waals surface area (Å²) in [7, 11) is 1.46. The molecule has 0 aromatic rings. The lowest BCUT2D eigenvalue weighted by Gasteiger charge is -2.04. The monoisotopic (exact) mass is 412 g/mol. The minimum absolute atomic E-state index is 0.0771. The number of unbranched alkanes of at least 4 members (excludes halogenated alkanes) is 19. The summed E-state index contributed by atoms with van der Waals surface area (Å²) in [5, 5.41) is 8.58. The van der Waals surface area contributed by atoms with Crippen LogP contribution in [0.25, 0.3) is 0 Å². The SMILES string of the molecule is COC(=O)CCCCCCCCCCCCCCCCCCCCCCC(=O)O. The number of carboxylic acid groups (broad SMARTS) is 1. The van der Waals surface area contributed by atoms with Gasteiger partial charge >= 0.3 is 11.9 Å². The predicted octanol–water partition coefficient (Wildman–Crippen LogP) is 7.83. The van der Waals surface area contributed by atoms with Crippen LogP contribution in [0, 0.1) is 0 Å². The molecule has 0 rings (SSSR count). The highest BCUT2D eigenvalue weighted by atomic mass is 16.5. The zero-order valence-corrected chi connectivity index (χ0v) is 19.2. The number of carboxylic acids is 1. The molecule has 0 radical (unpaired) electrons. The van der Waals surface area contributed by atoms with Gasteiger partial charge in [0, 0.05) is 12.8 Å². The van der Waals surface area contributed by atoms with Crippen LogP contribution in [0.5, 0.6) is 0 Å². The maximum atomic E-state index is 11.0. The summed E-state index contributed by atoms with van der Waals surface area (Å²) in [6, 6.07) is 0. The molecule has 29 heavy (non-hydrogen) atoms. The molecular formula is C25H48O4. The molecule has 0 aromatic carbocycles. The van der Waals surface area contributed by atoms with Crippen molar-refractivity contribution in [2.45, 2.75) is 141 Å². The molecule has 0 aliphatic carbocycles. The molecule has 0 saturated heterocycles. The van der Waals surface area contributed by atoms with Gasteiger partial charge in [0.1, 0.15) is 0 Å². The van der Waals surface area contributed by atoms with Crippen LogP contribution in [0.3, 0.4) is 0 Å². The molecule has 4 nitrogen and oxygen atoms in total. The molecule has 0 bridgehead atoms. The normalized spacial score (nSPS) is 10.9. The van der Waals surface area contributed by atoms with E-state index in [2.05, 4.69) is 4.74 Å². The number of carbonyl (C=O) groups is 2. The van der Waals surface area contributed by atoms with E-state index in [4.69, 9.17) is 5.11 Å². The first-order valence-electron chi connectivity index (χ1n) is 12.5. The molecule has 0 aromatic heterocycles. The summed E-state index contributed by atoms with van der Waals surface area (Å²) in [4.78, 5) is 21.4. The average Bonchev–Trinajstić information content (AvgIpc) is 2.71. The van der Waals surface area contributed by atoms with Crippen molar-refractivity contribution >= 4 is 11.9 Å². The van der Waals surface area contributed by atoms with Gasteiger partial charge in [0.2, 0.25) is 0 Å². The van der Waals surface area contributed by atoms with Crippen LogP contribution in [-0.2, 0) is 14.3 Å². The van der Waals surface area contributed by atoms with E-state index in [9.17, 15) is 9.59 Å². The van der Waals surface area contributed by atoms with E-state index in [-0.39, 0.29) is 5.97 Å². The van der Waals surface area contributed by atoms with Crippen LogP contribution < -0.4 is 0 Å². The summed E-state index contributed by atoms with van der Waals surface area (Å²) in [6.45, 7) is 0. The Morgan fingerprint density at radius 3 is 0.966 bits per heavy atom. The van der Waals surface area contributed by atoms with Gasteiger partial charge in [-0.25, -0.2) is 0 Å². The summed E-state index contributed by atoms with van der Waals surface area (Å²) in [5.74, 6) is -0.739. The fourth-order valence-corrected chi connectivity index (χ4v) is 3.83. The van der Waals surface area contributed by atoms with Crippen LogP contribution >= 0.6 is 0 Å². The third kappa shape index (κ3) is 24.9. The van der Waals surface area contributed by atoms with Crippen LogP contribution in [0.15, 0.2) is 0 Å². The van der Waals surface area contributed by atoms with Gasteiger partial charge in [-0.2, -0.15) is 0 Å². The van der Waals surface area contributed by atoms with Gasteiger partial charge in [0.15, 0.2) is 0 Å². The molecule has 0 aliphatic rings. The lowest BCUT2D eigenvalue weighted by Crippen LogP contribution is -1.99. The molecule has 172 valence electrons. The number of rotatable bonds is 23. The Kier molecular flexibility index (Phi) is 22.4. The van der Waals surface area contributed by atoms with Crippen LogP contribution in [0.1, 0.15) is 141 Å². The highest BCUT2D eigenvalue weighted by molar-refractivity contribution is 5.69. The molecule has 0 aliphatic heterocycles. The molecule has 1 N–H and O–H groups in total. The van der Waals surface area contributed by atoms with Gasteiger partial charge < -0.3 is 9.84 Å². The molecule has 0 saturated carbocycles. The summed E-state index contributed by atoms with van der Waals surface area (Å²) < 4.78 is 4.65. The Morgan fingerprint density at radius 1 is 0.483 bits per heavy atom. The maximum Gasteiger partial charge on any atom is 0.305 e. The number of carbonyl (C=O) groups excluding carboxylic acids is 1. The minimum Gasteiger partial charge on any atom is -0.481 e. The second-order valence-electron chi connectivity index (χ2n) is 8.54. The molecule has 0 spiro atoms. The fraction of sp³-hybridized carbons (Fsp3) is 0.920. The highest BCUT2D eigenvalue weighted by Gasteiger charge is 1.99. The van der Waals surface area contributed by atoms with E-state index >= 15 is 0 Å². The zero-order valence-electron chi connectivity index (χ0n) is 19.2. The van der Waals surface area contributed by atoms with Crippen molar-refractivity contribution in [3.8, 4) is 0 Å². The zero-order chi connectivity index (χ0) is 21.4. The van der Waals surface area contributed by atoms with Crippen LogP contribution in [0.4, 0.5) is 0 Å². The van der Waals surface area contributed by atoms with E-state index in [1.54, 1.807) is 0 Å². The molecule has 4 heteroatoms. The lowest BCUT2D eigenvalue weighted by atomic mass is 10.0. The second-order valence-corrected chi connectivity index (χ2v) is 8.54. The first-order valence-corrected chi connectivity index (χ1v) is 12.5. The van der Waals surface area contributed by atoms with Crippen molar-refractivity contribution in [3.63, 3.8) is 0 Å². The van der Waals surface area contributed by atoms with Crippen molar-refractivity contribution in [2.75, 3.05) is 7.11 Å². The van der Waals surface area contributed by atoms with E-state index in [0.717, 1.165) is 25.7 Å². The molecular weight excluding hydrogens is 364 g/mol. The highest BCUT2D eigenvalue weighted by Crippen LogP contribution is 2.15. The number of aliphatic carboxylic acids is 1. The van der Waals surface area contributed by atoms with Crippen molar-refractivity contribution < 1.29 is 19.4 Å². The molecule has 0 fully saturated rings. The van der Waals surface area contributed by atoms with Crippen molar-refractivity contribution in [2.24, 2.45) is 0 Å². The van der Waals surface area contributed by atoms with E-state index in [1.165, 1.54) is 110 Å². The Hall–Kier alpha value is -1.06. The van der Waals surface area contributed by atoms with Crippen molar-refractivity contribution in [1.29, 1.82) is 0 Å². The third-order valence-corrected chi connectivity index (χ3v) is 5.75. The van der Waals surface area contributed by atoms with Gasteiger partial charge in [0.25, 0.3) is 0 Å². The van der Waals surface area contributed by atoms with E-state index < -0.39 is 5.97 Å². The number of methoxy groups -OCH3 is 1. The van der Waals surface area contributed by atoms with Crippen LogP contribution in [0.2, 0.25) is 0 Å². The number of esters is 1. The van der Waals surface area contributed by atoms with E-state index in [0.29, 0.717) is 12.8 Å². The first kappa shape index (κ1) is 27.9. The molecule has 0 heterocycles. The largest absolute Gasteiger partial charge is 0.481 e. The first-order chi connectivity index (χ1) is 14.2.